The van der Waals surface area contributed by atoms with Gasteiger partial charge < -0.3 is 25.5 Å². The van der Waals surface area contributed by atoms with Gasteiger partial charge >= 0.3 is 5.69 Å². The predicted molar refractivity (Wildman–Crippen MR) is 80.7 cm³/mol. The van der Waals surface area contributed by atoms with Crippen molar-refractivity contribution in [3.8, 4) is 11.5 Å². The molecule has 0 amide bonds. The molecule has 0 bridgehead atoms. The summed E-state index contributed by atoms with van der Waals surface area (Å²) in [5.41, 5.74) is 2.59. The molecule has 0 spiro atoms. The van der Waals surface area contributed by atoms with Crippen molar-refractivity contribution in [3.05, 3.63) is 52.4 Å². The van der Waals surface area contributed by atoms with Crippen LogP contribution in [0.5, 0.6) is 11.5 Å². The SMILES string of the molecule is CC(Nc1ccc2[nH]c(=O)[nH]c2c1)c1cc(O)ccc1O. The number of imidazole rings is 1. The zero-order valence-electron chi connectivity index (χ0n) is 11.3. The van der Waals surface area contributed by atoms with Gasteiger partial charge in [-0.25, -0.2) is 4.79 Å². The Balaban J connectivity index is 1.90. The Hall–Kier alpha value is -2.89. The first-order valence-electron chi connectivity index (χ1n) is 6.53. The molecule has 0 fully saturated rings. The summed E-state index contributed by atoms with van der Waals surface area (Å²) in [4.78, 5) is 16.6. The van der Waals surface area contributed by atoms with Crippen molar-refractivity contribution in [1.29, 1.82) is 0 Å². The highest BCUT2D eigenvalue weighted by molar-refractivity contribution is 5.78. The second-order valence-corrected chi connectivity index (χ2v) is 4.95. The molecule has 0 saturated heterocycles. The van der Waals surface area contributed by atoms with Gasteiger partial charge in [-0.15, -0.1) is 0 Å². The van der Waals surface area contributed by atoms with Crippen LogP contribution in [0.25, 0.3) is 11.0 Å². The molecule has 0 radical (unpaired) electrons. The first-order valence-corrected chi connectivity index (χ1v) is 6.53. The van der Waals surface area contributed by atoms with Gasteiger partial charge in [-0.2, -0.15) is 0 Å². The van der Waals surface area contributed by atoms with Gasteiger partial charge in [-0.3, -0.25) is 0 Å². The Labute approximate surface area is 120 Å². The van der Waals surface area contributed by atoms with E-state index in [4.69, 9.17) is 0 Å². The van der Waals surface area contributed by atoms with E-state index in [1.165, 1.54) is 18.2 Å². The summed E-state index contributed by atoms with van der Waals surface area (Å²) < 4.78 is 0. The highest BCUT2D eigenvalue weighted by atomic mass is 16.3. The number of phenolic OH excluding ortho intramolecular Hbond substituents is 2. The molecule has 0 aliphatic heterocycles. The summed E-state index contributed by atoms with van der Waals surface area (Å²) in [6, 6.07) is 9.64. The number of benzene rings is 2. The highest BCUT2D eigenvalue weighted by Crippen LogP contribution is 2.30. The predicted octanol–water partition coefficient (Wildman–Crippen LogP) is 2.44. The van der Waals surface area contributed by atoms with Crippen LogP contribution in [-0.2, 0) is 0 Å². The lowest BCUT2D eigenvalue weighted by molar-refractivity contribution is 0.451. The standard InChI is InChI=1S/C15H15N3O3/c1-8(11-7-10(19)3-5-14(11)20)16-9-2-4-12-13(6-9)18-15(21)17-12/h2-8,16,19-20H,1H3,(H2,17,18,21). The smallest absolute Gasteiger partial charge is 0.323 e. The summed E-state index contributed by atoms with van der Waals surface area (Å²) in [5, 5.41) is 22.6. The Morgan fingerprint density at radius 3 is 2.62 bits per heavy atom. The number of hydrogen-bond donors (Lipinski definition) is 5. The van der Waals surface area contributed by atoms with Crippen LogP contribution in [-0.4, -0.2) is 20.2 Å². The van der Waals surface area contributed by atoms with Crippen molar-refractivity contribution in [2.24, 2.45) is 0 Å². The fourth-order valence-electron chi connectivity index (χ4n) is 2.34. The number of aromatic amines is 2. The Morgan fingerprint density at radius 1 is 1.05 bits per heavy atom. The minimum atomic E-state index is -0.249. The molecule has 2 aromatic carbocycles. The first-order chi connectivity index (χ1) is 10.0. The van der Waals surface area contributed by atoms with Crippen LogP contribution < -0.4 is 11.0 Å². The molecule has 0 saturated carbocycles. The van der Waals surface area contributed by atoms with E-state index in [1.54, 1.807) is 6.07 Å². The second kappa shape index (κ2) is 4.90. The number of fused-ring (bicyclic) bond motifs is 1. The van der Waals surface area contributed by atoms with Crippen LogP contribution in [0.1, 0.15) is 18.5 Å². The van der Waals surface area contributed by atoms with Crippen LogP contribution in [0.15, 0.2) is 41.2 Å². The molecule has 6 nitrogen and oxygen atoms in total. The average Bonchev–Trinajstić information content (AvgIpc) is 2.80. The first kappa shape index (κ1) is 13.1. The van der Waals surface area contributed by atoms with Crippen molar-refractivity contribution < 1.29 is 10.2 Å². The summed E-state index contributed by atoms with van der Waals surface area (Å²) in [6.45, 7) is 1.87. The molecule has 108 valence electrons. The lowest BCUT2D eigenvalue weighted by Crippen LogP contribution is -2.06. The highest BCUT2D eigenvalue weighted by Gasteiger charge is 2.11. The van der Waals surface area contributed by atoms with Gasteiger partial charge in [0, 0.05) is 11.3 Å². The normalized spacial score (nSPS) is 12.4. The molecule has 1 atom stereocenters. The van der Waals surface area contributed by atoms with E-state index in [0.717, 1.165) is 11.2 Å². The van der Waals surface area contributed by atoms with Crippen molar-refractivity contribution >= 4 is 16.7 Å². The zero-order chi connectivity index (χ0) is 15.0. The molecule has 0 aliphatic rings. The summed E-state index contributed by atoms with van der Waals surface area (Å²) >= 11 is 0. The van der Waals surface area contributed by atoms with E-state index in [2.05, 4.69) is 15.3 Å². The maximum atomic E-state index is 11.2. The number of H-pyrrole nitrogens is 2. The molecule has 1 heterocycles. The van der Waals surface area contributed by atoms with Crippen molar-refractivity contribution in [1.82, 2.24) is 9.97 Å². The maximum absolute atomic E-state index is 11.2. The average molecular weight is 285 g/mol. The third kappa shape index (κ3) is 2.55. The fraction of sp³-hybridized carbons (Fsp3) is 0.133. The van der Waals surface area contributed by atoms with E-state index in [-0.39, 0.29) is 23.2 Å². The monoisotopic (exact) mass is 285 g/mol. The molecular weight excluding hydrogens is 270 g/mol. The summed E-state index contributed by atoms with van der Waals surface area (Å²) in [6.07, 6.45) is 0. The topological polar surface area (TPSA) is 101 Å². The zero-order valence-corrected chi connectivity index (χ0v) is 11.3. The van der Waals surface area contributed by atoms with Crippen LogP contribution in [0.2, 0.25) is 0 Å². The number of aromatic nitrogens is 2. The third-order valence-electron chi connectivity index (χ3n) is 3.38. The van der Waals surface area contributed by atoms with Gasteiger partial charge in [0.1, 0.15) is 11.5 Å². The molecular formula is C15H15N3O3. The molecule has 3 rings (SSSR count). The van der Waals surface area contributed by atoms with E-state index < -0.39 is 0 Å². The van der Waals surface area contributed by atoms with Crippen molar-refractivity contribution in [2.75, 3.05) is 5.32 Å². The minimum absolute atomic E-state index is 0.0990. The van der Waals surface area contributed by atoms with Gasteiger partial charge in [-0.1, -0.05) is 0 Å². The second-order valence-electron chi connectivity index (χ2n) is 4.95. The number of anilines is 1. The van der Waals surface area contributed by atoms with E-state index >= 15 is 0 Å². The summed E-state index contributed by atoms with van der Waals surface area (Å²) in [7, 11) is 0. The van der Waals surface area contributed by atoms with Gasteiger partial charge in [0.05, 0.1) is 17.1 Å². The number of rotatable bonds is 3. The lowest BCUT2D eigenvalue weighted by Gasteiger charge is -2.17. The molecule has 0 aliphatic carbocycles. The third-order valence-corrected chi connectivity index (χ3v) is 3.38. The molecule has 1 unspecified atom stereocenters. The number of phenols is 2. The minimum Gasteiger partial charge on any atom is -0.508 e. The molecule has 21 heavy (non-hydrogen) atoms. The van der Waals surface area contributed by atoms with Crippen LogP contribution >= 0.6 is 0 Å². The van der Waals surface area contributed by atoms with Crippen molar-refractivity contribution in [2.45, 2.75) is 13.0 Å². The molecule has 3 aromatic rings. The lowest BCUT2D eigenvalue weighted by atomic mass is 10.1. The van der Waals surface area contributed by atoms with Gasteiger partial charge in [0.15, 0.2) is 0 Å². The Kier molecular flexibility index (Phi) is 3.06. The fourth-order valence-corrected chi connectivity index (χ4v) is 2.34. The van der Waals surface area contributed by atoms with Gasteiger partial charge in [-0.05, 0) is 43.3 Å². The van der Waals surface area contributed by atoms with Crippen LogP contribution in [0.4, 0.5) is 5.69 Å². The summed E-state index contributed by atoms with van der Waals surface area (Å²) in [5.74, 6) is 0.214. The largest absolute Gasteiger partial charge is 0.508 e. The number of hydrogen-bond acceptors (Lipinski definition) is 4. The molecule has 5 N–H and O–H groups in total. The van der Waals surface area contributed by atoms with Gasteiger partial charge in [0.25, 0.3) is 0 Å². The Bertz CT molecular complexity index is 851. The van der Waals surface area contributed by atoms with E-state index in [1.807, 2.05) is 19.1 Å². The van der Waals surface area contributed by atoms with Crippen molar-refractivity contribution in [3.63, 3.8) is 0 Å². The Morgan fingerprint density at radius 2 is 1.81 bits per heavy atom. The molecule has 1 aromatic heterocycles. The number of aromatic hydroxyl groups is 2. The quantitative estimate of drug-likeness (QED) is 0.477. The van der Waals surface area contributed by atoms with Crippen LogP contribution in [0, 0.1) is 0 Å². The van der Waals surface area contributed by atoms with Crippen LogP contribution in [0.3, 0.4) is 0 Å². The van der Waals surface area contributed by atoms with E-state index in [9.17, 15) is 15.0 Å². The molecule has 6 heteroatoms. The van der Waals surface area contributed by atoms with Gasteiger partial charge in [0.2, 0.25) is 0 Å². The maximum Gasteiger partial charge on any atom is 0.323 e. The number of nitrogens with one attached hydrogen (secondary N) is 3. The van der Waals surface area contributed by atoms with E-state index in [0.29, 0.717) is 11.1 Å².